The summed E-state index contributed by atoms with van der Waals surface area (Å²) >= 11 is 0. The Hall–Kier alpha value is -5.88. The van der Waals surface area contributed by atoms with Gasteiger partial charge in [0.1, 0.15) is 12.7 Å². The summed E-state index contributed by atoms with van der Waals surface area (Å²) in [6.45, 7) is 2.15. The number of aromatic nitrogens is 6. The first-order valence-electron chi connectivity index (χ1n) is 14.0. The molecule has 8 aromatic rings. The molecular weight excluding hydrogens is 528 g/mol. The Labute approximate surface area is 247 Å². The zero-order valence-electron chi connectivity index (χ0n) is 23.3. The maximum Gasteiger partial charge on any atom is 0.115 e. The molecule has 4 heterocycles. The average Bonchev–Trinajstić information content (AvgIpc) is 3.09. The summed E-state index contributed by atoms with van der Waals surface area (Å²) in [7, 11) is 0. The van der Waals surface area contributed by atoms with E-state index in [9.17, 15) is 0 Å². The summed E-state index contributed by atoms with van der Waals surface area (Å²) < 4.78 is 0. The smallest absolute Gasteiger partial charge is 0.115 e. The Morgan fingerprint density at radius 1 is 0.349 bits per heavy atom. The lowest BCUT2D eigenvalue weighted by molar-refractivity contribution is 1.16. The van der Waals surface area contributed by atoms with E-state index in [2.05, 4.69) is 93.6 Å². The van der Waals surface area contributed by atoms with Crippen molar-refractivity contribution in [3.8, 4) is 44.8 Å². The molecule has 8 rings (SSSR count). The molecule has 0 N–H and O–H groups in total. The summed E-state index contributed by atoms with van der Waals surface area (Å²) in [6.07, 6.45) is 14.0. The average molecular weight is 553 g/mol. The fourth-order valence-corrected chi connectivity index (χ4v) is 5.81. The van der Waals surface area contributed by atoms with Gasteiger partial charge in [0, 0.05) is 59.4 Å². The molecule has 0 radical (unpaired) electrons. The second kappa shape index (κ2) is 10.2. The first-order chi connectivity index (χ1) is 21.2. The predicted octanol–water partition coefficient (Wildman–Crippen LogP) is 8.49. The number of rotatable bonds is 4. The van der Waals surface area contributed by atoms with Gasteiger partial charge in [-0.2, -0.15) is 0 Å². The second-order valence-electron chi connectivity index (χ2n) is 10.7. The number of fused-ring (bicyclic) bond motifs is 6. The van der Waals surface area contributed by atoms with Crippen LogP contribution in [0.5, 0.6) is 0 Å². The fraction of sp³-hybridized carbons (Fsp3) is 0.0270. The largest absolute Gasteiger partial charge is 0.255 e. The molecule has 4 aromatic heterocycles. The molecule has 0 bridgehead atoms. The first-order valence-corrected chi connectivity index (χ1v) is 14.0. The van der Waals surface area contributed by atoms with Gasteiger partial charge in [0.05, 0.1) is 11.4 Å². The topological polar surface area (TPSA) is 77.3 Å². The van der Waals surface area contributed by atoms with Crippen LogP contribution in [0.15, 0.2) is 129 Å². The van der Waals surface area contributed by atoms with Crippen LogP contribution in [-0.4, -0.2) is 29.9 Å². The second-order valence-corrected chi connectivity index (χ2v) is 10.7. The van der Waals surface area contributed by atoms with Gasteiger partial charge in [0.15, 0.2) is 0 Å². The van der Waals surface area contributed by atoms with Crippen LogP contribution in [0.1, 0.15) is 5.56 Å². The van der Waals surface area contributed by atoms with Crippen LogP contribution in [0, 0.1) is 6.92 Å². The van der Waals surface area contributed by atoms with Gasteiger partial charge in [-0.1, -0.05) is 60.2 Å². The lowest BCUT2D eigenvalue weighted by Gasteiger charge is -2.14. The van der Waals surface area contributed by atoms with Crippen LogP contribution in [0.3, 0.4) is 0 Å². The van der Waals surface area contributed by atoms with Gasteiger partial charge in [0.25, 0.3) is 0 Å². The zero-order chi connectivity index (χ0) is 28.8. The van der Waals surface area contributed by atoms with Gasteiger partial charge in [-0.15, -0.1) is 0 Å². The summed E-state index contributed by atoms with van der Waals surface area (Å²) in [5, 5.41) is 7.38. The van der Waals surface area contributed by atoms with Crippen LogP contribution in [0.25, 0.3) is 77.1 Å². The van der Waals surface area contributed by atoms with E-state index in [0.29, 0.717) is 0 Å². The van der Waals surface area contributed by atoms with Gasteiger partial charge >= 0.3 is 0 Å². The molecule has 0 amide bonds. The summed E-state index contributed by atoms with van der Waals surface area (Å²) in [5.41, 5.74) is 9.13. The molecule has 202 valence electrons. The number of nitrogens with zero attached hydrogens (tertiary/aromatic N) is 6. The van der Waals surface area contributed by atoms with Gasteiger partial charge < -0.3 is 0 Å². The molecule has 0 saturated carbocycles. The van der Waals surface area contributed by atoms with Crippen molar-refractivity contribution in [3.63, 3.8) is 0 Å². The van der Waals surface area contributed by atoms with Gasteiger partial charge in [-0.05, 0) is 74.6 Å². The highest BCUT2D eigenvalue weighted by Crippen LogP contribution is 2.39. The van der Waals surface area contributed by atoms with Gasteiger partial charge in [0.2, 0.25) is 0 Å². The minimum absolute atomic E-state index is 0.854. The van der Waals surface area contributed by atoms with Crippen molar-refractivity contribution in [2.75, 3.05) is 0 Å². The molecule has 0 aliphatic rings. The highest BCUT2D eigenvalue weighted by Gasteiger charge is 2.13. The van der Waals surface area contributed by atoms with Crippen LogP contribution >= 0.6 is 0 Å². The molecule has 6 heteroatoms. The van der Waals surface area contributed by atoms with E-state index in [-0.39, 0.29) is 0 Å². The Balaban J connectivity index is 1.24. The third-order valence-corrected chi connectivity index (χ3v) is 7.99. The first kappa shape index (κ1) is 24.9. The Kier molecular flexibility index (Phi) is 5.90. The molecule has 0 atom stereocenters. The summed E-state index contributed by atoms with van der Waals surface area (Å²) in [4.78, 5) is 25.9. The third-order valence-electron chi connectivity index (χ3n) is 7.99. The predicted molar refractivity (Wildman–Crippen MR) is 172 cm³/mol. The van der Waals surface area contributed by atoms with E-state index in [1.165, 1.54) is 50.5 Å². The molecule has 0 saturated heterocycles. The van der Waals surface area contributed by atoms with Crippen LogP contribution < -0.4 is 0 Å². The van der Waals surface area contributed by atoms with E-state index in [0.717, 1.165) is 44.8 Å². The van der Waals surface area contributed by atoms with Crippen molar-refractivity contribution < 1.29 is 0 Å². The lowest BCUT2D eigenvalue weighted by atomic mass is 9.90. The molecule has 0 unspecified atom stereocenters. The molecular formula is C37H24N6. The fourth-order valence-electron chi connectivity index (χ4n) is 5.81. The molecule has 0 aliphatic heterocycles. The lowest BCUT2D eigenvalue weighted by Crippen LogP contribution is -1.89. The monoisotopic (exact) mass is 552 g/mol. The number of hydrogen-bond donors (Lipinski definition) is 0. The zero-order valence-corrected chi connectivity index (χ0v) is 23.3. The maximum atomic E-state index is 4.70. The molecule has 6 nitrogen and oxygen atoms in total. The molecule has 4 aromatic carbocycles. The van der Waals surface area contributed by atoms with E-state index < -0.39 is 0 Å². The van der Waals surface area contributed by atoms with Gasteiger partial charge in [-0.25, -0.2) is 19.9 Å². The van der Waals surface area contributed by atoms with Crippen LogP contribution in [0.2, 0.25) is 0 Å². The molecule has 0 fully saturated rings. The van der Waals surface area contributed by atoms with Crippen molar-refractivity contribution in [3.05, 3.63) is 134 Å². The van der Waals surface area contributed by atoms with E-state index in [4.69, 9.17) is 9.97 Å². The quantitative estimate of drug-likeness (QED) is 0.204. The van der Waals surface area contributed by atoms with Crippen molar-refractivity contribution in [2.45, 2.75) is 6.92 Å². The standard InChI is InChI=1S/C37H24N6/c1-23-2-7-32-33(12-23)35-14-25(27-6-11-37(43-20-27)29-17-40-22-41-18-29)4-9-31(35)30-8-3-24(13-34(30)32)26-5-10-36(42-19-26)28-15-38-21-39-16-28/h2-22H,1H3. The highest BCUT2D eigenvalue weighted by atomic mass is 14.8. The summed E-state index contributed by atoms with van der Waals surface area (Å²) in [6, 6.07) is 28.5. The third kappa shape index (κ3) is 4.46. The van der Waals surface area contributed by atoms with Gasteiger partial charge in [-0.3, -0.25) is 9.97 Å². The van der Waals surface area contributed by atoms with Crippen molar-refractivity contribution in [1.29, 1.82) is 0 Å². The van der Waals surface area contributed by atoms with E-state index >= 15 is 0 Å². The summed E-state index contributed by atoms with van der Waals surface area (Å²) in [5.74, 6) is 0. The normalized spacial score (nSPS) is 11.4. The van der Waals surface area contributed by atoms with E-state index in [1.54, 1.807) is 24.8 Å². The Morgan fingerprint density at radius 3 is 1.26 bits per heavy atom. The van der Waals surface area contributed by atoms with Crippen LogP contribution in [-0.2, 0) is 0 Å². The maximum absolute atomic E-state index is 4.70. The van der Waals surface area contributed by atoms with Crippen molar-refractivity contribution >= 4 is 32.3 Å². The number of aryl methyl sites for hydroxylation is 1. The minimum Gasteiger partial charge on any atom is -0.255 e. The highest BCUT2D eigenvalue weighted by molar-refractivity contribution is 6.26. The Bertz CT molecular complexity index is 2270. The number of hydrogen-bond acceptors (Lipinski definition) is 6. The Morgan fingerprint density at radius 2 is 0.767 bits per heavy atom. The van der Waals surface area contributed by atoms with E-state index in [1.807, 2.05) is 24.5 Å². The molecule has 0 spiro atoms. The minimum atomic E-state index is 0.854. The molecule has 0 aliphatic carbocycles. The van der Waals surface area contributed by atoms with Crippen LogP contribution in [0.4, 0.5) is 0 Å². The number of pyridine rings is 2. The molecule has 43 heavy (non-hydrogen) atoms. The van der Waals surface area contributed by atoms with Crippen molar-refractivity contribution in [2.24, 2.45) is 0 Å². The number of benzene rings is 4. The van der Waals surface area contributed by atoms with Crippen molar-refractivity contribution in [1.82, 2.24) is 29.9 Å². The SMILES string of the molecule is Cc1ccc2c(c1)c1cc(-c3ccc(-c4cncnc4)nc3)ccc1c1ccc(-c3ccc(-c4cncnc4)nc3)cc12.